The average molecular weight is 198 g/mol. The van der Waals surface area contributed by atoms with Gasteiger partial charge in [-0.15, -0.1) is 0 Å². The molecule has 0 aromatic carbocycles. The molecule has 0 aromatic rings. The van der Waals surface area contributed by atoms with Crippen molar-refractivity contribution in [1.29, 1.82) is 0 Å². The summed E-state index contributed by atoms with van der Waals surface area (Å²) in [4.78, 5) is 0. The van der Waals surface area contributed by atoms with E-state index in [1.54, 1.807) is 0 Å². The van der Waals surface area contributed by atoms with Crippen molar-refractivity contribution in [1.82, 2.24) is 0 Å². The van der Waals surface area contributed by atoms with Crippen LogP contribution in [0.3, 0.4) is 0 Å². The summed E-state index contributed by atoms with van der Waals surface area (Å²) in [5, 5.41) is 0. The van der Waals surface area contributed by atoms with Crippen LogP contribution in [0.25, 0.3) is 0 Å². The van der Waals surface area contributed by atoms with Crippen molar-refractivity contribution >= 4 is 0 Å². The summed E-state index contributed by atoms with van der Waals surface area (Å²) in [6.45, 7) is 14.2. The summed E-state index contributed by atoms with van der Waals surface area (Å²) in [6.07, 6.45) is 5.53. The maximum Gasteiger partial charge on any atom is -0.0384 e. The predicted octanol–water partition coefficient (Wildman–Crippen LogP) is 5.13. The van der Waals surface area contributed by atoms with Crippen LogP contribution in [0, 0.1) is 23.7 Å². The van der Waals surface area contributed by atoms with Crippen LogP contribution >= 0.6 is 0 Å². The Morgan fingerprint density at radius 3 is 1.71 bits per heavy atom. The number of hydrogen-bond donors (Lipinski definition) is 0. The third-order valence-corrected chi connectivity index (χ3v) is 3.62. The van der Waals surface area contributed by atoms with E-state index in [4.69, 9.17) is 0 Å². The van der Waals surface area contributed by atoms with E-state index in [0.717, 1.165) is 23.7 Å². The molecule has 3 atom stereocenters. The summed E-state index contributed by atoms with van der Waals surface area (Å²) >= 11 is 0. The highest BCUT2D eigenvalue weighted by molar-refractivity contribution is 4.69. The largest absolute Gasteiger partial charge is 0.0651 e. The third kappa shape index (κ3) is 5.67. The fraction of sp³-hybridized carbons (Fsp3) is 1.00. The summed E-state index contributed by atoms with van der Waals surface area (Å²) in [6, 6.07) is 0. The molecule has 0 aliphatic rings. The van der Waals surface area contributed by atoms with E-state index < -0.39 is 0 Å². The third-order valence-electron chi connectivity index (χ3n) is 3.62. The average Bonchev–Trinajstić information content (AvgIpc) is 2.14. The van der Waals surface area contributed by atoms with Gasteiger partial charge in [0.1, 0.15) is 0 Å². The van der Waals surface area contributed by atoms with E-state index in [1.165, 1.54) is 25.7 Å². The van der Waals surface area contributed by atoms with Gasteiger partial charge in [0.25, 0.3) is 0 Å². The first-order chi connectivity index (χ1) is 6.51. The Labute approximate surface area is 91.5 Å². The van der Waals surface area contributed by atoms with E-state index in [0.29, 0.717) is 0 Å². The zero-order chi connectivity index (χ0) is 11.1. The Morgan fingerprint density at radius 2 is 1.36 bits per heavy atom. The molecule has 0 nitrogen and oxygen atoms in total. The Hall–Kier alpha value is 0. The zero-order valence-electron chi connectivity index (χ0n) is 11.1. The van der Waals surface area contributed by atoms with Gasteiger partial charge in [-0.05, 0) is 36.5 Å². The SMILES string of the molecule is CCC(C)CC(CC(C)C)C(C)CC. The van der Waals surface area contributed by atoms with Gasteiger partial charge in [-0.3, -0.25) is 0 Å². The molecule has 0 N–H and O–H groups in total. The fourth-order valence-electron chi connectivity index (χ4n) is 2.18. The molecule has 0 saturated carbocycles. The van der Waals surface area contributed by atoms with Crippen LogP contribution in [0.15, 0.2) is 0 Å². The minimum atomic E-state index is 0.859. The highest BCUT2D eigenvalue weighted by Crippen LogP contribution is 2.29. The van der Waals surface area contributed by atoms with Crippen molar-refractivity contribution in [3.05, 3.63) is 0 Å². The van der Waals surface area contributed by atoms with Crippen molar-refractivity contribution in [2.24, 2.45) is 23.7 Å². The standard InChI is InChI=1S/C14H30/c1-7-12(5)10-14(9-11(3)4)13(6)8-2/h11-14H,7-10H2,1-6H3. The highest BCUT2D eigenvalue weighted by atomic mass is 14.2. The lowest BCUT2D eigenvalue weighted by Gasteiger charge is -2.27. The van der Waals surface area contributed by atoms with Crippen LogP contribution in [0.5, 0.6) is 0 Å². The molecule has 0 heterocycles. The van der Waals surface area contributed by atoms with Gasteiger partial charge in [0, 0.05) is 0 Å². The van der Waals surface area contributed by atoms with Crippen molar-refractivity contribution in [2.45, 2.75) is 67.2 Å². The Balaban J connectivity index is 4.09. The second-order valence-electron chi connectivity index (χ2n) is 5.52. The van der Waals surface area contributed by atoms with Crippen molar-refractivity contribution in [3.8, 4) is 0 Å². The van der Waals surface area contributed by atoms with E-state index in [2.05, 4.69) is 41.5 Å². The summed E-state index contributed by atoms with van der Waals surface area (Å²) < 4.78 is 0. The molecule has 0 fully saturated rings. The molecular weight excluding hydrogens is 168 g/mol. The van der Waals surface area contributed by atoms with Gasteiger partial charge in [0.05, 0.1) is 0 Å². The molecule has 0 aliphatic carbocycles. The highest BCUT2D eigenvalue weighted by Gasteiger charge is 2.19. The molecule has 0 spiro atoms. The molecule has 3 unspecified atom stereocenters. The van der Waals surface area contributed by atoms with Gasteiger partial charge in [-0.1, -0.05) is 54.4 Å². The maximum absolute atomic E-state index is 2.43. The van der Waals surface area contributed by atoms with Crippen LogP contribution < -0.4 is 0 Å². The molecule has 0 bridgehead atoms. The topological polar surface area (TPSA) is 0 Å². The van der Waals surface area contributed by atoms with Crippen molar-refractivity contribution < 1.29 is 0 Å². The Kier molecular flexibility index (Phi) is 7.31. The van der Waals surface area contributed by atoms with Crippen molar-refractivity contribution in [2.75, 3.05) is 0 Å². The van der Waals surface area contributed by atoms with Crippen LogP contribution in [0.4, 0.5) is 0 Å². The second-order valence-corrected chi connectivity index (χ2v) is 5.52. The molecule has 0 aromatic heterocycles. The maximum atomic E-state index is 2.43. The van der Waals surface area contributed by atoms with Gasteiger partial charge in [-0.25, -0.2) is 0 Å². The van der Waals surface area contributed by atoms with Gasteiger partial charge in [0.15, 0.2) is 0 Å². The minimum Gasteiger partial charge on any atom is -0.0651 e. The molecule has 0 amide bonds. The summed E-state index contributed by atoms with van der Waals surface area (Å²) in [7, 11) is 0. The lowest BCUT2D eigenvalue weighted by Crippen LogP contribution is -2.16. The number of hydrogen-bond acceptors (Lipinski definition) is 0. The smallest absolute Gasteiger partial charge is 0.0384 e. The minimum absolute atomic E-state index is 0.859. The quantitative estimate of drug-likeness (QED) is 0.532. The molecule has 0 rings (SSSR count). The molecule has 86 valence electrons. The lowest BCUT2D eigenvalue weighted by molar-refractivity contribution is 0.240. The first-order valence-corrected chi connectivity index (χ1v) is 6.51. The van der Waals surface area contributed by atoms with Gasteiger partial charge in [-0.2, -0.15) is 0 Å². The first kappa shape index (κ1) is 14.0. The lowest BCUT2D eigenvalue weighted by atomic mass is 9.79. The van der Waals surface area contributed by atoms with Crippen LogP contribution in [-0.4, -0.2) is 0 Å². The predicted molar refractivity (Wildman–Crippen MR) is 66.5 cm³/mol. The molecule has 0 radical (unpaired) electrons. The van der Waals surface area contributed by atoms with E-state index >= 15 is 0 Å². The van der Waals surface area contributed by atoms with E-state index in [-0.39, 0.29) is 0 Å². The van der Waals surface area contributed by atoms with Gasteiger partial charge >= 0.3 is 0 Å². The Bertz CT molecular complexity index is 126. The Morgan fingerprint density at radius 1 is 0.786 bits per heavy atom. The van der Waals surface area contributed by atoms with Crippen LogP contribution in [0.2, 0.25) is 0 Å². The normalized spacial score (nSPS) is 18.2. The van der Waals surface area contributed by atoms with E-state index in [1.807, 2.05) is 0 Å². The zero-order valence-corrected chi connectivity index (χ0v) is 11.1. The number of rotatable bonds is 7. The van der Waals surface area contributed by atoms with Gasteiger partial charge < -0.3 is 0 Å². The second kappa shape index (κ2) is 7.31. The van der Waals surface area contributed by atoms with Crippen LogP contribution in [0.1, 0.15) is 67.2 Å². The van der Waals surface area contributed by atoms with E-state index in [9.17, 15) is 0 Å². The molecular formula is C14H30. The molecule has 14 heavy (non-hydrogen) atoms. The summed E-state index contributed by atoms with van der Waals surface area (Å²) in [5.41, 5.74) is 0. The van der Waals surface area contributed by atoms with Gasteiger partial charge in [0.2, 0.25) is 0 Å². The first-order valence-electron chi connectivity index (χ1n) is 6.51. The molecule has 0 heteroatoms. The fourth-order valence-corrected chi connectivity index (χ4v) is 2.18. The summed E-state index contributed by atoms with van der Waals surface area (Å²) in [5.74, 6) is 3.63. The molecule has 0 saturated heterocycles. The van der Waals surface area contributed by atoms with Crippen LogP contribution in [-0.2, 0) is 0 Å². The monoisotopic (exact) mass is 198 g/mol. The molecule has 0 aliphatic heterocycles. The van der Waals surface area contributed by atoms with Crippen molar-refractivity contribution in [3.63, 3.8) is 0 Å².